The zero-order valence-electron chi connectivity index (χ0n) is 7.10. The number of carboxylic acid groups (broad SMARTS) is 1. The normalized spacial score (nSPS) is 10.6. The second-order valence-electron chi connectivity index (χ2n) is 2.82. The third-order valence-electron chi connectivity index (χ3n) is 1.84. The Labute approximate surface area is 77.8 Å². The van der Waals surface area contributed by atoms with E-state index in [1.807, 2.05) is 0 Å². The number of aromatic nitrogens is 3. The van der Waals surface area contributed by atoms with Crippen molar-refractivity contribution in [3.8, 4) is 0 Å². The van der Waals surface area contributed by atoms with Crippen molar-refractivity contribution >= 4 is 11.6 Å². The zero-order valence-corrected chi connectivity index (χ0v) is 7.10. The topological polar surface area (TPSA) is 87.5 Å². The van der Waals surface area contributed by atoms with Crippen LogP contribution in [0.3, 0.4) is 0 Å². The minimum Gasteiger partial charge on any atom is -0.481 e. The van der Waals surface area contributed by atoms with Gasteiger partial charge in [0.25, 0.3) is 5.56 Å². The standard InChI is InChI=1S/C8H7N3O3/c12-7(13)3-5-4-9-6-1-2-10-11(6)8(5)14/h1-2,4,10H,3H2,(H,12,13). The molecule has 2 aromatic rings. The number of aliphatic carboxylic acids is 1. The first kappa shape index (κ1) is 8.49. The van der Waals surface area contributed by atoms with Crippen molar-refractivity contribution in [2.45, 2.75) is 6.42 Å². The van der Waals surface area contributed by atoms with Gasteiger partial charge in [-0.05, 0) is 0 Å². The summed E-state index contributed by atoms with van der Waals surface area (Å²) in [5, 5.41) is 11.2. The number of carbonyl (C=O) groups is 1. The van der Waals surface area contributed by atoms with Crippen LogP contribution in [0.15, 0.2) is 23.3 Å². The van der Waals surface area contributed by atoms with Gasteiger partial charge >= 0.3 is 5.97 Å². The summed E-state index contributed by atoms with van der Waals surface area (Å²) in [4.78, 5) is 25.9. The molecule has 0 aromatic carbocycles. The average Bonchev–Trinajstić information content (AvgIpc) is 2.57. The average molecular weight is 193 g/mol. The quantitative estimate of drug-likeness (QED) is 0.682. The number of hydrogen-bond donors (Lipinski definition) is 2. The molecular formula is C8H7N3O3. The second kappa shape index (κ2) is 2.99. The first-order valence-electron chi connectivity index (χ1n) is 3.94. The molecule has 0 aliphatic carbocycles. The van der Waals surface area contributed by atoms with Crippen LogP contribution in [0.2, 0.25) is 0 Å². The summed E-state index contributed by atoms with van der Waals surface area (Å²) in [6.45, 7) is 0. The third-order valence-corrected chi connectivity index (χ3v) is 1.84. The van der Waals surface area contributed by atoms with Gasteiger partial charge < -0.3 is 5.11 Å². The molecule has 0 fully saturated rings. The van der Waals surface area contributed by atoms with E-state index < -0.39 is 5.97 Å². The number of nitrogens with one attached hydrogen (secondary N) is 1. The van der Waals surface area contributed by atoms with Gasteiger partial charge in [0.15, 0.2) is 5.65 Å². The number of hydrogen-bond acceptors (Lipinski definition) is 3. The van der Waals surface area contributed by atoms with Crippen LogP contribution in [0.1, 0.15) is 5.56 Å². The van der Waals surface area contributed by atoms with E-state index in [0.717, 1.165) is 0 Å². The van der Waals surface area contributed by atoms with E-state index in [1.54, 1.807) is 12.3 Å². The van der Waals surface area contributed by atoms with Gasteiger partial charge in [-0.3, -0.25) is 14.7 Å². The molecule has 0 spiro atoms. The molecule has 0 bridgehead atoms. The van der Waals surface area contributed by atoms with Crippen molar-refractivity contribution in [2.75, 3.05) is 0 Å². The van der Waals surface area contributed by atoms with Crippen molar-refractivity contribution in [3.63, 3.8) is 0 Å². The van der Waals surface area contributed by atoms with E-state index >= 15 is 0 Å². The Hall–Kier alpha value is -2.11. The molecule has 2 aromatic heterocycles. The van der Waals surface area contributed by atoms with Gasteiger partial charge in [0, 0.05) is 24.0 Å². The molecule has 0 unspecified atom stereocenters. The number of nitrogens with zero attached hydrogens (tertiary/aromatic N) is 2. The Kier molecular flexibility index (Phi) is 1.81. The fourth-order valence-electron chi connectivity index (χ4n) is 1.22. The van der Waals surface area contributed by atoms with Crippen LogP contribution in [0.4, 0.5) is 0 Å². The lowest BCUT2D eigenvalue weighted by Gasteiger charge is -1.96. The predicted molar refractivity (Wildman–Crippen MR) is 47.2 cm³/mol. The summed E-state index contributed by atoms with van der Waals surface area (Å²) < 4.78 is 1.21. The molecule has 0 radical (unpaired) electrons. The smallest absolute Gasteiger partial charge is 0.308 e. The SMILES string of the molecule is O=C(O)Cc1cnc2cc[nH]n2c1=O. The molecule has 6 heteroatoms. The maximum atomic E-state index is 11.6. The molecule has 0 amide bonds. The summed E-state index contributed by atoms with van der Waals surface area (Å²) >= 11 is 0. The number of carboxylic acids is 1. The van der Waals surface area contributed by atoms with E-state index in [-0.39, 0.29) is 17.5 Å². The molecular weight excluding hydrogens is 186 g/mol. The Morgan fingerprint density at radius 2 is 2.43 bits per heavy atom. The van der Waals surface area contributed by atoms with Crippen LogP contribution >= 0.6 is 0 Å². The van der Waals surface area contributed by atoms with Gasteiger partial charge in [-0.15, -0.1) is 0 Å². The fraction of sp³-hybridized carbons (Fsp3) is 0.125. The first-order chi connectivity index (χ1) is 6.68. The molecule has 6 nitrogen and oxygen atoms in total. The minimum atomic E-state index is -1.05. The fourth-order valence-corrected chi connectivity index (χ4v) is 1.22. The number of aromatic amines is 1. The van der Waals surface area contributed by atoms with E-state index in [0.29, 0.717) is 5.65 Å². The van der Waals surface area contributed by atoms with Crippen molar-refractivity contribution < 1.29 is 9.90 Å². The number of H-pyrrole nitrogens is 1. The van der Waals surface area contributed by atoms with Gasteiger partial charge in [-0.25, -0.2) is 9.50 Å². The van der Waals surface area contributed by atoms with Crippen molar-refractivity contribution in [1.82, 2.24) is 14.6 Å². The van der Waals surface area contributed by atoms with E-state index in [2.05, 4.69) is 10.1 Å². The summed E-state index contributed by atoms with van der Waals surface area (Å²) in [5.41, 5.74) is 0.268. The molecule has 72 valence electrons. The van der Waals surface area contributed by atoms with Crippen molar-refractivity contribution in [3.05, 3.63) is 34.4 Å². The van der Waals surface area contributed by atoms with Gasteiger partial charge in [0.2, 0.25) is 0 Å². The van der Waals surface area contributed by atoms with Crippen molar-refractivity contribution in [2.24, 2.45) is 0 Å². The van der Waals surface area contributed by atoms with Gasteiger partial charge in [0.05, 0.1) is 6.42 Å². The van der Waals surface area contributed by atoms with Crippen LogP contribution in [0.5, 0.6) is 0 Å². The molecule has 2 rings (SSSR count). The highest BCUT2D eigenvalue weighted by Crippen LogP contribution is 1.96. The molecule has 0 saturated heterocycles. The number of rotatable bonds is 2. The van der Waals surface area contributed by atoms with Gasteiger partial charge in [-0.1, -0.05) is 0 Å². The highest BCUT2D eigenvalue weighted by molar-refractivity contribution is 5.69. The highest BCUT2D eigenvalue weighted by Gasteiger charge is 2.08. The molecule has 14 heavy (non-hydrogen) atoms. The zero-order chi connectivity index (χ0) is 10.1. The van der Waals surface area contributed by atoms with Crippen LogP contribution in [-0.4, -0.2) is 25.7 Å². The largest absolute Gasteiger partial charge is 0.481 e. The monoisotopic (exact) mass is 193 g/mol. The van der Waals surface area contributed by atoms with E-state index in [4.69, 9.17) is 5.11 Å². The molecule has 2 heterocycles. The van der Waals surface area contributed by atoms with Crippen LogP contribution in [-0.2, 0) is 11.2 Å². The lowest BCUT2D eigenvalue weighted by molar-refractivity contribution is -0.136. The predicted octanol–water partition coefficient (Wildman–Crippen LogP) is -0.350. The lowest BCUT2D eigenvalue weighted by atomic mass is 10.2. The summed E-state index contributed by atoms with van der Waals surface area (Å²) in [7, 11) is 0. The highest BCUT2D eigenvalue weighted by atomic mass is 16.4. The van der Waals surface area contributed by atoms with Gasteiger partial charge in [-0.2, -0.15) is 0 Å². The minimum absolute atomic E-state index is 0.164. The lowest BCUT2D eigenvalue weighted by Crippen LogP contribution is -2.21. The number of fused-ring (bicyclic) bond motifs is 1. The second-order valence-corrected chi connectivity index (χ2v) is 2.82. The molecule has 0 aliphatic rings. The molecule has 0 aliphatic heterocycles. The van der Waals surface area contributed by atoms with Gasteiger partial charge in [0.1, 0.15) is 0 Å². The Balaban J connectivity index is 2.62. The molecule has 0 atom stereocenters. The third kappa shape index (κ3) is 1.26. The summed E-state index contributed by atoms with van der Waals surface area (Å²) in [6.07, 6.45) is 2.54. The summed E-state index contributed by atoms with van der Waals surface area (Å²) in [5.74, 6) is -1.05. The van der Waals surface area contributed by atoms with Crippen LogP contribution in [0.25, 0.3) is 5.65 Å². The van der Waals surface area contributed by atoms with E-state index in [9.17, 15) is 9.59 Å². The summed E-state index contributed by atoms with van der Waals surface area (Å²) in [6, 6.07) is 1.63. The van der Waals surface area contributed by atoms with Crippen LogP contribution < -0.4 is 5.56 Å². The molecule has 0 saturated carbocycles. The Morgan fingerprint density at radius 1 is 1.64 bits per heavy atom. The molecule has 2 N–H and O–H groups in total. The van der Waals surface area contributed by atoms with Crippen LogP contribution in [0, 0.1) is 0 Å². The maximum Gasteiger partial charge on any atom is 0.308 e. The maximum absolute atomic E-state index is 11.6. The van der Waals surface area contributed by atoms with E-state index in [1.165, 1.54) is 10.7 Å². The Bertz CT molecular complexity index is 540. The van der Waals surface area contributed by atoms with Crippen molar-refractivity contribution in [1.29, 1.82) is 0 Å². The Morgan fingerprint density at radius 3 is 3.14 bits per heavy atom. The first-order valence-corrected chi connectivity index (χ1v) is 3.94.